The van der Waals surface area contributed by atoms with Gasteiger partial charge in [0.25, 0.3) is 0 Å². The normalized spacial score (nSPS) is 12.2. The lowest BCUT2D eigenvalue weighted by Gasteiger charge is -2.25. The smallest absolute Gasteiger partial charge is 0.187 e. The van der Waals surface area contributed by atoms with Gasteiger partial charge in [0.2, 0.25) is 0 Å². The second-order valence-electron chi connectivity index (χ2n) is 4.02. The number of hydrogen-bond acceptors (Lipinski definition) is 3. The topological polar surface area (TPSA) is 26.3 Å². The van der Waals surface area contributed by atoms with E-state index in [1.807, 2.05) is 0 Å². The second kappa shape index (κ2) is 5.83. The summed E-state index contributed by atoms with van der Waals surface area (Å²) < 4.78 is 5.83. The molecule has 0 spiro atoms. The molecule has 0 radical (unpaired) electrons. The zero-order valence-corrected chi connectivity index (χ0v) is 11.0. The quantitative estimate of drug-likeness (QED) is 0.666. The minimum Gasteiger partial charge on any atom is -0.415 e. The number of carbonyl (C=O) groups excluding carboxylic acids is 1. The van der Waals surface area contributed by atoms with Crippen molar-refractivity contribution in [2.45, 2.75) is 46.0 Å². The Morgan fingerprint density at radius 2 is 2.00 bits per heavy atom. The van der Waals surface area contributed by atoms with Gasteiger partial charge in [-0.05, 0) is 33.0 Å². The molecule has 0 aliphatic carbocycles. The van der Waals surface area contributed by atoms with Gasteiger partial charge in [-0.15, -0.1) is 0 Å². The third-order valence-corrected chi connectivity index (χ3v) is 5.30. The molecular formula is C9H20O2SSi. The van der Waals surface area contributed by atoms with Gasteiger partial charge in [-0.3, -0.25) is 4.79 Å². The summed E-state index contributed by atoms with van der Waals surface area (Å²) in [4.78, 5) is 10.7. The molecule has 0 atom stereocenters. The van der Waals surface area contributed by atoms with E-state index < -0.39 is 8.32 Å². The standard InChI is InChI=1S/C9H20O2SSi/c1-8(2)11-13(4,5)7-6-12-9(3)10/h8H,6-7H2,1-5H3. The number of carbonyl (C=O) groups is 1. The summed E-state index contributed by atoms with van der Waals surface area (Å²) in [7, 11) is -1.51. The van der Waals surface area contributed by atoms with Crippen LogP contribution >= 0.6 is 11.8 Å². The molecule has 13 heavy (non-hydrogen) atoms. The van der Waals surface area contributed by atoms with E-state index in [0.29, 0.717) is 6.10 Å². The predicted octanol–water partition coefficient (Wildman–Crippen LogP) is 2.90. The number of thioether (sulfide) groups is 1. The molecule has 78 valence electrons. The van der Waals surface area contributed by atoms with Gasteiger partial charge in [-0.25, -0.2) is 0 Å². The fourth-order valence-electron chi connectivity index (χ4n) is 1.14. The Labute approximate surface area is 86.6 Å². The van der Waals surface area contributed by atoms with Gasteiger partial charge in [0.05, 0.1) is 0 Å². The second-order valence-corrected chi connectivity index (χ2v) is 9.54. The molecular weight excluding hydrogens is 200 g/mol. The van der Waals surface area contributed by atoms with Crippen molar-refractivity contribution in [3.8, 4) is 0 Å². The molecule has 0 fully saturated rings. The minimum atomic E-state index is -1.51. The van der Waals surface area contributed by atoms with E-state index in [2.05, 4.69) is 26.9 Å². The summed E-state index contributed by atoms with van der Waals surface area (Å²) in [6.07, 6.45) is 0.309. The maximum absolute atomic E-state index is 10.7. The Morgan fingerprint density at radius 3 is 2.38 bits per heavy atom. The van der Waals surface area contributed by atoms with Crippen molar-refractivity contribution in [2.75, 3.05) is 5.75 Å². The highest BCUT2D eigenvalue weighted by Gasteiger charge is 2.23. The molecule has 0 aromatic heterocycles. The molecule has 0 saturated carbocycles. The van der Waals surface area contributed by atoms with Crippen LogP contribution in [0, 0.1) is 0 Å². The van der Waals surface area contributed by atoms with Crippen LogP contribution in [0.3, 0.4) is 0 Å². The lowest BCUT2D eigenvalue weighted by atomic mass is 10.5. The van der Waals surface area contributed by atoms with Crippen molar-refractivity contribution in [3.05, 3.63) is 0 Å². The molecule has 0 amide bonds. The van der Waals surface area contributed by atoms with Crippen LogP contribution in [-0.4, -0.2) is 25.3 Å². The van der Waals surface area contributed by atoms with E-state index in [-0.39, 0.29) is 5.12 Å². The first kappa shape index (κ1) is 13.2. The predicted molar refractivity (Wildman–Crippen MR) is 61.6 cm³/mol. The highest BCUT2D eigenvalue weighted by molar-refractivity contribution is 8.13. The van der Waals surface area contributed by atoms with Crippen molar-refractivity contribution in [3.63, 3.8) is 0 Å². The van der Waals surface area contributed by atoms with Crippen LogP contribution in [0.4, 0.5) is 0 Å². The fourth-order valence-corrected chi connectivity index (χ4v) is 5.19. The molecule has 0 N–H and O–H groups in total. The number of rotatable bonds is 5. The molecule has 0 saturated heterocycles. The highest BCUT2D eigenvalue weighted by Crippen LogP contribution is 2.17. The third-order valence-electron chi connectivity index (χ3n) is 1.56. The highest BCUT2D eigenvalue weighted by atomic mass is 32.2. The zero-order chi connectivity index (χ0) is 10.5. The van der Waals surface area contributed by atoms with Crippen molar-refractivity contribution in [1.82, 2.24) is 0 Å². The Hall–Kier alpha value is 0.197. The molecule has 0 unspecified atom stereocenters. The Bertz CT molecular complexity index is 169. The van der Waals surface area contributed by atoms with Crippen LogP contribution in [0.1, 0.15) is 20.8 Å². The average molecular weight is 220 g/mol. The van der Waals surface area contributed by atoms with Crippen molar-refractivity contribution in [1.29, 1.82) is 0 Å². The SMILES string of the molecule is CC(=O)SCC[Si](C)(C)OC(C)C. The van der Waals surface area contributed by atoms with E-state index >= 15 is 0 Å². The van der Waals surface area contributed by atoms with Crippen LogP contribution in [0.2, 0.25) is 19.1 Å². The lowest BCUT2D eigenvalue weighted by Crippen LogP contribution is -2.33. The molecule has 2 nitrogen and oxygen atoms in total. The van der Waals surface area contributed by atoms with Crippen LogP contribution in [-0.2, 0) is 9.22 Å². The summed E-state index contributed by atoms with van der Waals surface area (Å²) in [5.41, 5.74) is 0. The molecule has 0 aliphatic rings. The van der Waals surface area contributed by atoms with Crippen molar-refractivity contribution in [2.24, 2.45) is 0 Å². The van der Waals surface area contributed by atoms with E-state index in [1.165, 1.54) is 11.8 Å². The Morgan fingerprint density at radius 1 is 1.46 bits per heavy atom. The van der Waals surface area contributed by atoms with Gasteiger partial charge in [-0.1, -0.05) is 11.8 Å². The first-order chi connectivity index (χ1) is 5.83. The van der Waals surface area contributed by atoms with Gasteiger partial charge in [0.15, 0.2) is 13.4 Å². The average Bonchev–Trinajstić information content (AvgIpc) is 1.81. The molecule has 0 aromatic carbocycles. The Kier molecular flexibility index (Phi) is 5.92. The summed E-state index contributed by atoms with van der Waals surface area (Å²) in [5, 5.41) is 0.203. The largest absolute Gasteiger partial charge is 0.415 e. The van der Waals surface area contributed by atoms with Gasteiger partial charge < -0.3 is 4.43 Å². The summed E-state index contributed by atoms with van der Waals surface area (Å²) in [6, 6.07) is 1.05. The fraction of sp³-hybridized carbons (Fsp3) is 0.889. The van der Waals surface area contributed by atoms with Gasteiger partial charge >= 0.3 is 0 Å². The summed E-state index contributed by atoms with van der Waals surface area (Å²) >= 11 is 1.40. The summed E-state index contributed by atoms with van der Waals surface area (Å²) in [6.45, 7) is 10.1. The summed E-state index contributed by atoms with van der Waals surface area (Å²) in [5.74, 6) is 0.904. The molecule has 0 aromatic rings. The maximum Gasteiger partial charge on any atom is 0.187 e. The number of hydrogen-bond donors (Lipinski definition) is 0. The third kappa shape index (κ3) is 8.52. The molecule has 0 rings (SSSR count). The molecule has 0 aliphatic heterocycles. The van der Waals surface area contributed by atoms with E-state index in [9.17, 15) is 4.79 Å². The van der Waals surface area contributed by atoms with Crippen molar-refractivity contribution < 1.29 is 9.22 Å². The first-order valence-corrected chi connectivity index (χ1v) is 8.75. The molecule has 4 heteroatoms. The van der Waals surface area contributed by atoms with Crippen LogP contribution < -0.4 is 0 Å². The van der Waals surface area contributed by atoms with Crippen LogP contribution in [0.25, 0.3) is 0 Å². The van der Waals surface area contributed by atoms with Crippen LogP contribution in [0.5, 0.6) is 0 Å². The first-order valence-electron chi connectivity index (χ1n) is 4.65. The molecule has 0 heterocycles. The van der Waals surface area contributed by atoms with Gasteiger partial charge in [0.1, 0.15) is 0 Å². The monoisotopic (exact) mass is 220 g/mol. The minimum absolute atomic E-state index is 0.203. The van der Waals surface area contributed by atoms with Crippen molar-refractivity contribution >= 4 is 25.2 Å². The van der Waals surface area contributed by atoms with Gasteiger partial charge in [-0.2, -0.15) is 0 Å². The Balaban J connectivity index is 3.68. The zero-order valence-electron chi connectivity index (χ0n) is 9.22. The maximum atomic E-state index is 10.7. The van der Waals surface area contributed by atoms with E-state index in [4.69, 9.17) is 4.43 Å². The molecule has 0 bridgehead atoms. The van der Waals surface area contributed by atoms with E-state index in [0.717, 1.165) is 11.8 Å². The van der Waals surface area contributed by atoms with Gasteiger partial charge in [0, 0.05) is 18.8 Å². The lowest BCUT2D eigenvalue weighted by molar-refractivity contribution is -0.109. The van der Waals surface area contributed by atoms with E-state index in [1.54, 1.807) is 6.92 Å². The van der Waals surface area contributed by atoms with Crippen LogP contribution in [0.15, 0.2) is 0 Å².